The summed E-state index contributed by atoms with van der Waals surface area (Å²) >= 11 is 2.89. The maximum absolute atomic E-state index is 12.5. The van der Waals surface area contributed by atoms with Crippen molar-refractivity contribution in [1.82, 2.24) is 4.72 Å². The van der Waals surface area contributed by atoms with Gasteiger partial charge < -0.3 is 10.4 Å². The summed E-state index contributed by atoms with van der Waals surface area (Å²) in [5, 5.41) is 13.3. The number of carbonyl (C=O) groups is 1. The summed E-state index contributed by atoms with van der Waals surface area (Å²) < 4.78 is 3.91. The van der Waals surface area contributed by atoms with E-state index in [1.165, 1.54) is 47.0 Å². The standard InChI is InChI=1S/C20H22N2O2S2/c23-19(22-26-17-8-7-16(25-17)20(24)9-10-20)21-18-14-5-1-3-12(14)11-13-4-2-6-15(13)18/h7-8,11,24H,1-6,9-10H2,(H2,21,22,23). The minimum Gasteiger partial charge on any atom is -0.384 e. The van der Waals surface area contributed by atoms with Crippen LogP contribution in [0.3, 0.4) is 0 Å². The molecular formula is C20H22N2O2S2. The van der Waals surface area contributed by atoms with Gasteiger partial charge in [-0.25, -0.2) is 4.79 Å². The maximum atomic E-state index is 12.5. The molecule has 2 amide bonds. The number of hydrogen-bond acceptors (Lipinski definition) is 4. The lowest BCUT2D eigenvalue weighted by Crippen LogP contribution is -2.24. The van der Waals surface area contributed by atoms with Crippen LogP contribution in [0.4, 0.5) is 10.5 Å². The molecule has 0 spiro atoms. The summed E-state index contributed by atoms with van der Waals surface area (Å²) in [4.78, 5) is 13.5. The third-order valence-electron chi connectivity index (χ3n) is 5.72. The Kier molecular flexibility index (Phi) is 4.03. The Balaban J connectivity index is 1.28. The average molecular weight is 387 g/mol. The molecule has 3 aliphatic rings. The predicted octanol–water partition coefficient (Wildman–Crippen LogP) is 4.54. The normalized spacial score (nSPS) is 19.1. The molecule has 0 bridgehead atoms. The Hall–Kier alpha value is -1.50. The second-order valence-electron chi connectivity index (χ2n) is 7.54. The fraction of sp³-hybridized carbons (Fsp3) is 0.450. The highest BCUT2D eigenvalue weighted by atomic mass is 32.2. The molecule has 2 aromatic rings. The fourth-order valence-corrected chi connectivity index (χ4v) is 6.02. The van der Waals surface area contributed by atoms with Crippen molar-refractivity contribution in [2.24, 2.45) is 0 Å². The highest BCUT2D eigenvalue weighted by Crippen LogP contribution is 2.48. The number of rotatable bonds is 4. The van der Waals surface area contributed by atoms with Crippen molar-refractivity contribution in [2.45, 2.75) is 61.2 Å². The van der Waals surface area contributed by atoms with Crippen LogP contribution in [-0.4, -0.2) is 11.1 Å². The zero-order valence-corrected chi connectivity index (χ0v) is 16.2. The maximum Gasteiger partial charge on any atom is 0.329 e. The van der Waals surface area contributed by atoms with E-state index in [-0.39, 0.29) is 6.03 Å². The second-order valence-corrected chi connectivity index (χ2v) is 9.73. The van der Waals surface area contributed by atoms with E-state index < -0.39 is 5.60 Å². The van der Waals surface area contributed by atoms with Crippen LogP contribution in [0.25, 0.3) is 0 Å². The molecule has 0 atom stereocenters. The molecule has 26 heavy (non-hydrogen) atoms. The van der Waals surface area contributed by atoms with Gasteiger partial charge >= 0.3 is 6.03 Å². The van der Waals surface area contributed by atoms with Gasteiger partial charge in [-0.05, 0) is 97.7 Å². The molecule has 0 saturated heterocycles. The van der Waals surface area contributed by atoms with Crippen LogP contribution in [0.15, 0.2) is 22.4 Å². The summed E-state index contributed by atoms with van der Waals surface area (Å²) in [5.41, 5.74) is 6.02. The minimum atomic E-state index is -0.600. The molecule has 1 fully saturated rings. The first kappa shape index (κ1) is 16.7. The van der Waals surface area contributed by atoms with Crippen LogP contribution in [0.1, 0.15) is 52.8 Å². The number of aryl methyl sites for hydroxylation is 2. The molecular weight excluding hydrogens is 364 g/mol. The first-order chi connectivity index (χ1) is 12.6. The quantitative estimate of drug-likeness (QED) is 0.676. The summed E-state index contributed by atoms with van der Waals surface area (Å²) in [7, 11) is 0. The van der Waals surface area contributed by atoms with E-state index >= 15 is 0 Å². The van der Waals surface area contributed by atoms with Crippen molar-refractivity contribution in [2.75, 3.05) is 5.32 Å². The van der Waals surface area contributed by atoms with Crippen LogP contribution in [0.5, 0.6) is 0 Å². The Labute approximate surface area is 161 Å². The second kappa shape index (κ2) is 6.29. The fourth-order valence-electron chi connectivity index (χ4n) is 4.19. The topological polar surface area (TPSA) is 61.4 Å². The summed E-state index contributed by atoms with van der Waals surface area (Å²) in [6.45, 7) is 0. The number of urea groups is 1. The van der Waals surface area contributed by atoms with Crippen LogP contribution in [0.2, 0.25) is 0 Å². The minimum absolute atomic E-state index is 0.163. The summed E-state index contributed by atoms with van der Waals surface area (Å²) in [6.07, 6.45) is 8.46. The first-order valence-electron chi connectivity index (χ1n) is 9.35. The Bertz CT molecular complexity index is 854. The summed E-state index contributed by atoms with van der Waals surface area (Å²) in [5.74, 6) is 0. The molecule has 4 nitrogen and oxygen atoms in total. The highest BCUT2D eigenvalue weighted by molar-refractivity contribution is 7.99. The lowest BCUT2D eigenvalue weighted by Gasteiger charge is -2.16. The molecule has 1 saturated carbocycles. The number of benzene rings is 1. The van der Waals surface area contributed by atoms with Crippen molar-refractivity contribution in [3.8, 4) is 0 Å². The molecule has 1 aromatic heterocycles. The van der Waals surface area contributed by atoms with Crippen LogP contribution < -0.4 is 10.0 Å². The zero-order chi connectivity index (χ0) is 17.7. The third-order valence-corrected chi connectivity index (χ3v) is 7.92. The molecule has 0 radical (unpaired) electrons. The Morgan fingerprint density at radius 3 is 2.42 bits per heavy atom. The smallest absolute Gasteiger partial charge is 0.329 e. The largest absolute Gasteiger partial charge is 0.384 e. The number of hydrogen-bond donors (Lipinski definition) is 3. The lowest BCUT2D eigenvalue weighted by atomic mass is 9.99. The van der Waals surface area contributed by atoms with Crippen LogP contribution in [-0.2, 0) is 31.3 Å². The highest BCUT2D eigenvalue weighted by Gasteiger charge is 2.43. The molecule has 6 heteroatoms. The van der Waals surface area contributed by atoms with Gasteiger partial charge in [0.15, 0.2) is 0 Å². The number of anilines is 1. The van der Waals surface area contributed by atoms with Gasteiger partial charge in [0.25, 0.3) is 0 Å². The first-order valence-corrected chi connectivity index (χ1v) is 11.0. The van der Waals surface area contributed by atoms with Crippen LogP contribution >= 0.6 is 23.3 Å². The Morgan fingerprint density at radius 2 is 1.77 bits per heavy atom. The van der Waals surface area contributed by atoms with Crippen LogP contribution in [0, 0.1) is 0 Å². The average Bonchev–Trinajstić information content (AvgIpc) is 3.11. The van der Waals surface area contributed by atoms with E-state index in [0.29, 0.717) is 0 Å². The molecule has 136 valence electrons. The van der Waals surface area contributed by atoms with Crippen molar-refractivity contribution in [1.29, 1.82) is 0 Å². The molecule has 3 aliphatic carbocycles. The van der Waals surface area contributed by atoms with Gasteiger partial charge in [0, 0.05) is 10.6 Å². The predicted molar refractivity (Wildman–Crippen MR) is 106 cm³/mol. The SMILES string of the molecule is O=C(NSc1ccc(C2(O)CC2)s1)Nc1c2c(cc3c1CCC3)CCC2. The van der Waals surface area contributed by atoms with Crippen molar-refractivity contribution in [3.05, 3.63) is 45.3 Å². The lowest BCUT2D eigenvalue weighted by molar-refractivity contribution is 0.155. The van der Waals surface area contributed by atoms with Crippen molar-refractivity contribution in [3.63, 3.8) is 0 Å². The number of fused-ring (bicyclic) bond motifs is 2. The number of nitrogens with one attached hydrogen (secondary N) is 2. The van der Waals surface area contributed by atoms with Crippen molar-refractivity contribution >= 4 is 35.0 Å². The molecule has 0 unspecified atom stereocenters. The number of amides is 2. The van der Waals surface area contributed by atoms with Gasteiger partial charge in [0.05, 0.1) is 9.81 Å². The molecule has 1 aromatic carbocycles. The molecule has 3 N–H and O–H groups in total. The number of carbonyl (C=O) groups excluding carboxylic acids is 1. The zero-order valence-electron chi connectivity index (χ0n) is 14.6. The third kappa shape index (κ3) is 2.94. The van der Waals surface area contributed by atoms with Gasteiger partial charge in [-0.15, -0.1) is 11.3 Å². The monoisotopic (exact) mass is 386 g/mol. The van der Waals surface area contributed by atoms with E-state index in [1.54, 1.807) is 11.3 Å². The van der Waals surface area contributed by atoms with Gasteiger partial charge in [-0.2, -0.15) is 0 Å². The van der Waals surface area contributed by atoms with E-state index in [2.05, 4.69) is 16.1 Å². The van der Waals surface area contributed by atoms with E-state index in [1.807, 2.05) is 12.1 Å². The van der Waals surface area contributed by atoms with Gasteiger partial charge in [0.1, 0.15) is 0 Å². The number of aliphatic hydroxyl groups is 1. The van der Waals surface area contributed by atoms with Gasteiger partial charge in [0.2, 0.25) is 0 Å². The molecule has 1 heterocycles. The van der Waals surface area contributed by atoms with Crippen molar-refractivity contribution < 1.29 is 9.90 Å². The Morgan fingerprint density at radius 1 is 1.08 bits per heavy atom. The number of thiophene rings is 1. The molecule has 0 aliphatic heterocycles. The van der Waals surface area contributed by atoms with Gasteiger partial charge in [-0.1, -0.05) is 6.07 Å². The van der Waals surface area contributed by atoms with Gasteiger partial charge in [-0.3, -0.25) is 4.72 Å². The molecule has 5 rings (SSSR count). The van der Waals surface area contributed by atoms with E-state index in [9.17, 15) is 9.90 Å². The van der Waals surface area contributed by atoms with E-state index in [0.717, 1.165) is 53.3 Å². The summed E-state index contributed by atoms with van der Waals surface area (Å²) in [6, 6.07) is 6.15. The van der Waals surface area contributed by atoms with E-state index in [4.69, 9.17) is 0 Å².